The van der Waals surface area contributed by atoms with Crippen LogP contribution in [0.5, 0.6) is 0 Å². The lowest BCUT2D eigenvalue weighted by atomic mass is 10.1. The van der Waals surface area contributed by atoms with Gasteiger partial charge in [0.05, 0.1) is 31.0 Å². The van der Waals surface area contributed by atoms with E-state index in [9.17, 15) is 0 Å². The summed E-state index contributed by atoms with van der Waals surface area (Å²) < 4.78 is 11.8. The molecule has 0 fully saturated rings. The van der Waals surface area contributed by atoms with Crippen LogP contribution in [0.1, 0.15) is 44.9 Å². The third-order valence-electron chi connectivity index (χ3n) is 3.56. The van der Waals surface area contributed by atoms with Gasteiger partial charge in [-0.15, -0.1) is 0 Å². The summed E-state index contributed by atoms with van der Waals surface area (Å²) in [6.45, 7) is 10.6. The summed E-state index contributed by atoms with van der Waals surface area (Å²) in [7, 11) is 0. The molecule has 0 bridgehead atoms. The third-order valence-corrected chi connectivity index (χ3v) is 3.56. The Bertz CT molecular complexity index is 425. The fourth-order valence-electron chi connectivity index (χ4n) is 2.72. The van der Waals surface area contributed by atoms with Crippen LogP contribution in [0.15, 0.2) is 24.3 Å². The van der Waals surface area contributed by atoms with Crippen molar-refractivity contribution >= 4 is 0 Å². The minimum Gasteiger partial charge on any atom is -0.373 e. The summed E-state index contributed by atoms with van der Waals surface area (Å²) in [5.41, 5.74) is 2.69. The molecule has 112 valence electrons. The molecule has 0 aromatic heterocycles. The van der Waals surface area contributed by atoms with Crippen LogP contribution in [-0.4, -0.2) is 31.5 Å². The highest BCUT2D eigenvalue weighted by atomic mass is 16.5. The molecular formula is C17H27NO2. The van der Waals surface area contributed by atoms with Crippen molar-refractivity contribution < 1.29 is 9.47 Å². The van der Waals surface area contributed by atoms with Crippen molar-refractivity contribution in [2.24, 2.45) is 0 Å². The number of ether oxygens (including phenoxy) is 2. The number of likely N-dealkylation sites (N-methyl/N-ethyl adjacent to an activating group) is 1. The molecule has 0 amide bonds. The van der Waals surface area contributed by atoms with Gasteiger partial charge in [-0.05, 0) is 38.4 Å². The Labute approximate surface area is 122 Å². The Balaban J connectivity index is 1.89. The van der Waals surface area contributed by atoms with Gasteiger partial charge in [-0.2, -0.15) is 0 Å². The first-order valence-electron chi connectivity index (χ1n) is 7.58. The topological polar surface area (TPSA) is 30.5 Å². The highest BCUT2D eigenvalue weighted by Gasteiger charge is 2.32. The average molecular weight is 277 g/mol. The predicted molar refractivity (Wildman–Crippen MR) is 82.0 cm³/mol. The lowest BCUT2D eigenvalue weighted by Crippen LogP contribution is -2.32. The Hall–Kier alpha value is -0.900. The van der Waals surface area contributed by atoms with Crippen molar-refractivity contribution in [2.75, 3.05) is 19.8 Å². The summed E-state index contributed by atoms with van der Waals surface area (Å²) in [4.78, 5) is 0. The number of nitrogens with one attached hydrogen (secondary N) is 1. The van der Waals surface area contributed by atoms with E-state index >= 15 is 0 Å². The van der Waals surface area contributed by atoms with Gasteiger partial charge in [0.1, 0.15) is 0 Å². The molecule has 3 nitrogen and oxygen atoms in total. The second-order valence-corrected chi connectivity index (χ2v) is 6.31. The molecular weight excluding hydrogens is 250 g/mol. The standard InChI is InChI=1S/C17H27NO2/c1-5-18-16-14-9-7-6-8-13(14)12-15(16)19-10-11-20-17(2,3)4/h6-9,15-16,18H,5,10-12H2,1-4H3. The molecule has 1 aliphatic rings. The van der Waals surface area contributed by atoms with Crippen LogP contribution in [0, 0.1) is 0 Å². The third kappa shape index (κ3) is 4.05. The second-order valence-electron chi connectivity index (χ2n) is 6.31. The smallest absolute Gasteiger partial charge is 0.0811 e. The van der Waals surface area contributed by atoms with Gasteiger partial charge < -0.3 is 14.8 Å². The van der Waals surface area contributed by atoms with Gasteiger partial charge in [-0.1, -0.05) is 31.2 Å². The summed E-state index contributed by atoms with van der Waals surface area (Å²) in [6, 6.07) is 8.93. The molecule has 1 aromatic rings. The van der Waals surface area contributed by atoms with Crippen LogP contribution in [0.3, 0.4) is 0 Å². The minimum atomic E-state index is -0.0942. The average Bonchev–Trinajstić information content (AvgIpc) is 2.73. The molecule has 0 saturated heterocycles. The maximum atomic E-state index is 6.06. The fraction of sp³-hybridized carbons (Fsp3) is 0.647. The van der Waals surface area contributed by atoms with E-state index in [2.05, 4.69) is 57.3 Å². The number of hydrogen-bond acceptors (Lipinski definition) is 3. The zero-order chi connectivity index (χ0) is 14.6. The molecule has 1 aliphatic carbocycles. The van der Waals surface area contributed by atoms with Gasteiger partial charge in [-0.3, -0.25) is 0 Å². The lowest BCUT2D eigenvalue weighted by molar-refractivity contribution is -0.0558. The highest BCUT2D eigenvalue weighted by Crippen LogP contribution is 2.33. The number of fused-ring (bicyclic) bond motifs is 1. The molecule has 1 aromatic carbocycles. The molecule has 0 aliphatic heterocycles. The van der Waals surface area contributed by atoms with Crippen molar-refractivity contribution in [1.29, 1.82) is 0 Å². The van der Waals surface area contributed by atoms with Gasteiger partial charge in [0, 0.05) is 6.42 Å². The molecule has 2 atom stereocenters. The molecule has 1 N–H and O–H groups in total. The largest absolute Gasteiger partial charge is 0.373 e. The number of rotatable bonds is 6. The van der Waals surface area contributed by atoms with Gasteiger partial charge in [0.25, 0.3) is 0 Å². The van der Waals surface area contributed by atoms with E-state index in [0.29, 0.717) is 19.3 Å². The Morgan fingerprint density at radius 2 is 1.95 bits per heavy atom. The molecule has 3 heteroatoms. The van der Waals surface area contributed by atoms with Crippen molar-refractivity contribution in [1.82, 2.24) is 5.32 Å². The molecule has 0 saturated carbocycles. The van der Waals surface area contributed by atoms with E-state index in [1.807, 2.05) is 0 Å². The molecule has 0 radical (unpaired) electrons. The van der Waals surface area contributed by atoms with Crippen molar-refractivity contribution in [3.05, 3.63) is 35.4 Å². The van der Waals surface area contributed by atoms with Crippen LogP contribution in [-0.2, 0) is 15.9 Å². The normalized spacial score (nSPS) is 22.0. The quantitative estimate of drug-likeness (QED) is 0.811. The van der Waals surface area contributed by atoms with E-state index in [-0.39, 0.29) is 11.7 Å². The lowest BCUT2D eigenvalue weighted by Gasteiger charge is -2.24. The van der Waals surface area contributed by atoms with Crippen molar-refractivity contribution in [3.8, 4) is 0 Å². The zero-order valence-corrected chi connectivity index (χ0v) is 13.1. The van der Waals surface area contributed by atoms with Crippen molar-refractivity contribution in [3.63, 3.8) is 0 Å². The van der Waals surface area contributed by atoms with Gasteiger partial charge in [-0.25, -0.2) is 0 Å². The summed E-state index contributed by atoms with van der Waals surface area (Å²) in [5.74, 6) is 0. The van der Waals surface area contributed by atoms with Crippen LogP contribution in [0.4, 0.5) is 0 Å². The first kappa shape index (κ1) is 15.5. The molecule has 2 unspecified atom stereocenters. The summed E-state index contributed by atoms with van der Waals surface area (Å²) in [5, 5.41) is 3.54. The van der Waals surface area contributed by atoms with Crippen LogP contribution in [0.25, 0.3) is 0 Å². The molecule has 0 spiro atoms. The van der Waals surface area contributed by atoms with Crippen LogP contribution in [0.2, 0.25) is 0 Å². The number of hydrogen-bond donors (Lipinski definition) is 1. The predicted octanol–water partition coefficient (Wildman–Crippen LogP) is 3.09. The molecule has 2 rings (SSSR count). The Kier molecular flexibility index (Phi) is 5.19. The van der Waals surface area contributed by atoms with Gasteiger partial charge >= 0.3 is 0 Å². The number of benzene rings is 1. The molecule has 20 heavy (non-hydrogen) atoms. The monoisotopic (exact) mass is 277 g/mol. The zero-order valence-electron chi connectivity index (χ0n) is 13.1. The first-order valence-corrected chi connectivity index (χ1v) is 7.58. The maximum absolute atomic E-state index is 6.06. The fourth-order valence-corrected chi connectivity index (χ4v) is 2.72. The van der Waals surface area contributed by atoms with E-state index in [1.54, 1.807) is 0 Å². The highest BCUT2D eigenvalue weighted by molar-refractivity contribution is 5.36. The van der Waals surface area contributed by atoms with E-state index < -0.39 is 0 Å². The Morgan fingerprint density at radius 3 is 2.65 bits per heavy atom. The Morgan fingerprint density at radius 1 is 1.20 bits per heavy atom. The van der Waals surface area contributed by atoms with Gasteiger partial charge in [0.2, 0.25) is 0 Å². The van der Waals surface area contributed by atoms with E-state index in [0.717, 1.165) is 13.0 Å². The maximum Gasteiger partial charge on any atom is 0.0811 e. The van der Waals surface area contributed by atoms with E-state index in [4.69, 9.17) is 9.47 Å². The van der Waals surface area contributed by atoms with Gasteiger partial charge in [0.15, 0.2) is 0 Å². The first-order chi connectivity index (χ1) is 9.51. The second kappa shape index (κ2) is 6.70. The summed E-state index contributed by atoms with van der Waals surface area (Å²) in [6.07, 6.45) is 1.21. The van der Waals surface area contributed by atoms with Crippen LogP contribution < -0.4 is 5.32 Å². The summed E-state index contributed by atoms with van der Waals surface area (Å²) >= 11 is 0. The van der Waals surface area contributed by atoms with Crippen LogP contribution >= 0.6 is 0 Å². The SMILES string of the molecule is CCNC1c2ccccc2CC1OCCOC(C)(C)C. The van der Waals surface area contributed by atoms with E-state index in [1.165, 1.54) is 11.1 Å². The minimum absolute atomic E-state index is 0.0942. The molecule has 0 heterocycles. The van der Waals surface area contributed by atoms with Crippen molar-refractivity contribution in [2.45, 2.75) is 51.9 Å².